The Hall–Kier alpha value is -2.27. The quantitative estimate of drug-likeness (QED) is 0.946. The average molecular weight is 315 g/mol. The van der Waals surface area contributed by atoms with Crippen LogP contribution in [0.1, 0.15) is 39.9 Å². The Morgan fingerprint density at radius 1 is 1.35 bits per heavy atom. The number of methoxy groups -OCH3 is 1. The van der Waals surface area contributed by atoms with E-state index in [2.05, 4.69) is 0 Å². The van der Waals surface area contributed by atoms with Crippen LogP contribution in [-0.2, 0) is 0 Å². The van der Waals surface area contributed by atoms with E-state index in [1.165, 1.54) is 0 Å². The smallest absolute Gasteiger partial charge is 0.258 e. The van der Waals surface area contributed by atoms with Gasteiger partial charge in [0.25, 0.3) is 5.91 Å². The highest BCUT2D eigenvalue weighted by Crippen LogP contribution is 2.35. The molecule has 2 heterocycles. The Kier molecular flexibility index (Phi) is 4.13. The van der Waals surface area contributed by atoms with Gasteiger partial charge in [-0.2, -0.15) is 0 Å². The molecule has 0 radical (unpaired) electrons. The van der Waals surface area contributed by atoms with Gasteiger partial charge in [0.2, 0.25) is 0 Å². The third kappa shape index (κ3) is 2.97. The van der Waals surface area contributed by atoms with Crippen LogP contribution < -0.4 is 4.74 Å². The monoisotopic (exact) mass is 315 g/mol. The molecule has 2 atom stereocenters. The first-order valence-corrected chi connectivity index (χ1v) is 7.69. The number of hydrogen-bond acceptors (Lipinski definition) is 4. The number of hydrogen-bond donors (Lipinski definition) is 1. The maximum Gasteiger partial charge on any atom is 0.258 e. The lowest BCUT2D eigenvalue weighted by Gasteiger charge is -2.25. The van der Waals surface area contributed by atoms with Gasteiger partial charge in [-0.3, -0.25) is 4.79 Å². The molecule has 5 nitrogen and oxygen atoms in total. The van der Waals surface area contributed by atoms with E-state index in [4.69, 9.17) is 9.15 Å². The van der Waals surface area contributed by atoms with Crippen molar-refractivity contribution in [3.8, 4) is 5.75 Å². The van der Waals surface area contributed by atoms with Crippen LogP contribution in [0.3, 0.4) is 0 Å². The van der Waals surface area contributed by atoms with E-state index in [1.807, 2.05) is 31.2 Å². The predicted molar refractivity (Wildman–Crippen MR) is 85.6 cm³/mol. The van der Waals surface area contributed by atoms with Crippen molar-refractivity contribution in [3.05, 3.63) is 53.0 Å². The van der Waals surface area contributed by atoms with Crippen LogP contribution in [0.5, 0.6) is 5.75 Å². The summed E-state index contributed by atoms with van der Waals surface area (Å²) in [4.78, 5) is 14.6. The molecule has 0 bridgehead atoms. The van der Waals surface area contributed by atoms with E-state index < -0.39 is 6.10 Å². The molecule has 1 aliphatic heterocycles. The molecule has 0 saturated carbocycles. The Morgan fingerprint density at radius 3 is 2.78 bits per heavy atom. The summed E-state index contributed by atoms with van der Waals surface area (Å²) in [7, 11) is 1.61. The number of carbonyl (C=O) groups is 1. The summed E-state index contributed by atoms with van der Waals surface area (Å²) in [5.74, 6) is 1.96. The number of rotatable bonds is 3. The standard InChI is InChI=1S/C18H21NO4/c1-11-7-16(12(2)23-11)18(21)19-10-14(20)9-17(19)13-5-4-6-15(8-13)22-3/h4-8,14,17,20H,9-10H2,1-3H3/t14-,17-/m1/s1. The molecular weight excluding hydrogens is 294 g/mol. The molecule has 1 aliphatic rings. The number of amides is 1. The first-order chi connectivity index (χ1) is 11.0. The maximum atomic E-state index is 12.9. The largest absolute Gasteiger partial charge is 0.497 e. The Morgan fingerprint density at radius 2 is 2.13 bits per heavy atom. The van der Waals surface area contributed by atoms with Gasteiger partial charge in [-0.1, -0.05) is 12.1 Å². The van der Waals surface area contributed by atoms with E-state index in [0.29, 0.717) is 30.0 Å². The van der Waals surface area contributed by atoms with Crippen LogP contribution in [0.4, 0.5) is 0 Å². The van der Waals surface area contributed by atoms with Gasteiger partial charge in [-0.05, 0) is 44.0 Å². The summed E-state index contributed by atoms with van der Waals surface area (Å²) in [6.07, 6.45) is -0.00197. The molecule has 2 aromatic rings. The van der Waals surface area contributed by atoms with Gasteiger partial charge in [0, 0.05) is 6.54 Å². The zero-order chi connectivity index (χ0) is 16.6. The normalized spacial score (nSPS) is 20.8. The number of β-amino-alcohol motifs (C(OH)–C–C–N with tert-alkyl or cyclic N) is 1. The third-order valence-corrected chi connectivity index (χ3v) is 4.29. The van der Waals surface area contributed by atoms with Gasteiger partial charge < -0.3 is 19.2 Å². The lowest BCUT2D eigenvalue weighted by Crippen LogP contribution is -2.32. The Bertz CT molecular complexity index is 722. The van der Waals surface area contributed by atoms with Crippen molar-refractivity contribution >= 4 is 5.91 Å². The fourth-order valence-electron chi connectivity index (χ4n) is 3.20. The molecule has 23 heavy (non-hydrogen) atoms. The van der Waals surface area contributed by atoms with Crippen molar-refractivity contribution in [2.45, 2.75) is 32.4 Å². The summed E-state index contributed by atoms with van der Waals surface area (Å²) in [5, 5.41) is 10.1. The molecular formula is C18H21NO4. The van der Waals surface area contributed by atoms with Gasteiger partial charge in [0.1, 0.15) is 17.3 Å². The highest BCUT2D eigenvalue weighted by atomic mass is 16.5. The maximum absolute atomic E-state index is 12.9. The van der Waals surface area contributed by atoms with Gasteiger partial charge in [0.05, 0.1) is 24.8 Å². The van der Waals surface area contributed by atoms with Crippen molar-refractivity contribution in [2.24, 2.45) is 0 Å². The lowest BCUT2D eigenvalue weighted by molar-refractivity contribution is 0.0714. The van der Waals surface area contributed by atoms with Crippen LogP contribution >= 0.6 is 0 Å². The number of nitrogens with zero attached hydrogens (tertiary/aromatic N) is 1. The minimum Gasteiger partial charge on any atom is -0.497 e. The number of furan rings is 1. The summed E-state index contributed by atoms with van der Waals surface area (Å²) in [6.45, 7) is 3.93. The number of likely N-dealkylation sites (tertiary alicyclic amines) is 1. The molecule has 1 aromatic carbocycles. The SMILES string of the molecule is COc1cccc([C@H]2C[C@@H](O)CN2C(=O)c2cc(C)oc2C)c1. The number of carbonyl (C=O) groups excluding carboxylic acids is 1. The second-order valence-electron chi connectivity index (χ2n) is 5.97. The first kappa shape index (κ1) is 15.6. The Balaban J connectivity index is 1.93. The highest BCUT2D eigenvalue weighted by Gasteiger charge is 2.36. The predicted octanol–water partition coefficient (Wildman–Crippen LogP) is 2.85. The van der Waals surface area contributed by atoms with Crippen LogP contribution in [-0.4, -0.2) is 35.7 Å². The van der Waals surface area contributed by atoms with Crippen LogP contribution in [0, 0.1) is 13.8 Å². The number of aryl methyl sites for hydroxylation is 2. The molecule has 0 spiro atoms. The molecule has 0 unspecified atom stereocenters. The van der Waals surface area contributed by atoms with Crippen molar-refractivity contribution in [1.82, 2.24) is 4.90 Å². The molecule has 1 N–H and O–H groups in total. The van der Waals surface area contributed by atoms with Gasteiger partial charge in [-0.25, -0.2) is 0 Å². The van der Waals surface area contributed by atoms with Gasteiger partial charge in [0.15, 0.2) is 0 Å². The first-order valence-electron chi connectivity index (χ1n) is 7.69. The fraction of sp³-hybridized carbons (Fsp3) is 0.389. The third-order valence-electron chi connectivity index (χ3n) is 4.29. The van der Waals surface area contributed by atoms with Gasteiger partial charge in [-0.15, -0.1) is 0 Å². The second kappa shape index (κ2) is 6.08. The minimum absolute atomic E-state index is 0.108. The molecule has 1 saturated heterocycles. The van der Waals surface area contributed by atoms with E-state index in [9.17, 15) is 9.90 Å². The summed E-state index contributed by atoms with van der Waals surface area (Å²) < 4.78 is 10.7. The number of aliphatic hydroxyl groups excluding tert-OH is 1. The van der Waals surface area contributed by atoms with Gasteiger partial charge >= 0.3 is 0 Å². The number of benzene rings is 1. The van der Waals surface area contributed by atoms with E-state index in [0.717, 1.165) is 11.3 Å². The fourth-order valence-corrected chi connectivity index (χ4v) is 3.20. The van der Waals surface area contributed by atoms with E-state index in [-0.39, 0.29) is 11.9 Å². The van der Waals surface area contributed by atoms with Crippen LogP contribution in [0.15, 0.2) is 34.7 Å². The van der Waals surface area contributed by atoms with Crippen molar-refractivity contribution < 1.29 is 19.1 Å². The molecule has 1 aromatic heterocycles. The van der Waals surface area contributed by atoms with Crippen molar-refractivity contribution in [3.63, 3.8) is 0 Å². The molecule has 122 valence electrons. The van der Waals surface area contributed by atoms with E-state index >= 15 is 0 Å². The highest BCUT2D eigenvalue weighted by molar-refractivity contribution is 5.95. The molecule has 3 rings (SSSR count). The summed E-state index contributed by atoms with van der Waals surface area (Å²) >= 11 is 0. The number of aliphatic hydroxyl groups is 1. The molecule has 1 fully saturated rings. The molecule has 0 aliphatic carbocycles. The topological polar surface area (TPSA) is 62.9 Å². The zero-order valence-corrected chi connectivity index (χ0v) is 13.6. The summed E-state index contributed by atoms with van der Waals surface area (Å²) in [6, 6.07) is 9.22. The second-order valence-corrected chi connectivity index (χ2v) is 5.97. The minimum atomic E-state index is -0.525. The lowest BCUT2D eigenvalue weighted by atomic mass is 10.0. The van der Waals surface area contributed by atoms with Crippen molar-refractivity contribution in [2.75, 3.05) is 13.7 Å². The average Bonchev–Trinajstić information content (AvgIpc) is 3.09. The van der Waals surface area contributed by atoms with Crippen LogP contribution in [0.25, 0.3) is 0 Å². The molecule has 1 amide bonds. The Labute approximate surface area is 135 Å². The van der Waals surface area contributed by atoms with Crippen LogP contribution in [0.2, 0.25) is 0 Å². The summed E-state index contributed by atoms with van der Waals surface area (Å²) in [5.41, 5.74) is 1.52. The number of ether oxygens (including phenoxy) is 1. The zero-order valence-electron chi connectivity index (χ0n) is 13.6. The van der Waals surface area contributed by atoms with E-state index in [1.54, 1.807) is 25.0 Å². The molecule has 5 heteroatoms. The van der Waals surface area contributed by atoms with Crippen molar-refractivity contribution in [1.29, 1.82) is 0 Å².